The van der Waals surface area contributed by atoms with E-state index < -0.39 is 15.0 Å². The molecule has 0 spiro atoms. The summed E-state index contributed by atoms with van der Waals surface area (Å²) in [4.78, 5) is 22.6. The first-order valence-electron chi connectivity index (χ1n) is 5.62. The summed E-state index contributed by atoms with van der Waals surface area (Å²) in [6.07, 6.45) is 7.07. The smallest absolute Gasteiger partial charge is 0.276 e. The van der Waals surface area contributed by atoms with Gasteiger partial charge in [-0.3, -0.25) is 9.59 Å². The van der Waals surface area contributed by atoms with Crippen LogP contribution in [0.15, 0.2) is 36.3 Å². The number of ether oxygens (including phenoxy) is 1. The van der Waals surface area contributed by atoms with Crippen LogP contribution >= 0.6 is 0 Å². The van der Waals surface area contributed by atoms with Crippen molar-refractivity contribution in [2.24, 2.45) is 0 Å². The largest absolute Gasteiger partial charge is 0.472 e. The predicted molar refractivity (Wildman–Crippen MR) is 69.5 cm³/mol. The first-order valence-corrected chi connectivity index (χ1v) is 7.27. The van der Waals surface area contributed by atoms with E-state index in [0.717, 1.165) is 6.26 Å². The Kier molecular flexibility index (Phi) is 5.50. The second kappa shape index (κ2) is 6.89. The van der Waals surface area contributed by atoms with Crippen LogP contribution in [0.3, 0.4) is 0 Å². The molecule has 0 aliphatic carbocycles. The number of carbonyl (C=O) groups excluding carboxylic acids is 2. The maximum Gasteiger partial charge on any atom is 0.276 e. The first kappa shape index (κ1) is 15.2. The number of hydrogen-bond acceptors (Lipinski definition) is 5. The summed E-state index contributed by atoms with van der Waals surface area (Å²) < 4.78 is 28.3. The molecular weight excluding hydrogens is 270 g/mol. The molecule has 104 valence electrons. The van der Waals surface area contributed by atoms with Gasteiger partial charge in [-0.05, 0) is 18.6 Å². The van der Waals surface area contributed by atoms with Crippen molar-refractivity contribution in [2.45, 2.75) is 12.8 Å². The van der Waals surface area contributed by atoms with Gasteiger partial charge in [-0.2, -0.15) is 0 Å². The van der Waals surface area contributed by atoms with Gasteiger partial charge >= 0.3 is 0 Å². The molecule has 1 rings (SSSR count). The molecule has 1 aliphatic heterocycles. The van der Waals surface area contributed by atoms with E-state index in [0.29, 0.717) is 0 Å². The molecule has 0 saturated heterocycles. The Labute approximate surface area is 111 Å². The summed E-state index contributed by atoms with van der Waals surface area (Å²) in [7, 11) is -2.40. The number of nitrogens with one attached hydrogen (secondary N) is 1. The molecule has 0 aromatic heterocycles. The van der Waals surface area contributed by atoms with Crippen molar-refractivity contribution in [3.8, 4) is 0 Å². The Morgan fingerprint density at radius 3 is 2.79 bits per heavy atom. The van der Waals surface area contributed by atoms with Crippen molar-refractivity contribution in [1.29, 1.82) is 0 Å². The topological polar surface area (TPSA) is 89.5 Å². The average molecular weight is 285 g/mol. The Balaban J connectivity index is 2.56. The van der Waals surface area contributed by atoms with Crippen LogP contribution in [-0.2, 0) is 24.2 Å². The molecule has 19 heavy (non-hydrogen) atoms. The van der Waals surface area contributed by atoms with E-state index >= 15 is 0 Å². The van der Waals surface area contributed by atoms with Gasteiger partial charge in [0.15, 0.2) is 0 Å². The minimum absolute atomic E-state index is 0.103. The fourth-order valence-electron chi connectivity index (χ4n) is 1.32. The van der Waals surface area contributed by atoms with Crippen LogP contribution in [0.4, 0.5) is 0 Å². The maximum atomic E-state index is 11.7. The van der Waals surface area contributed by atoms with E-state index in [1.54, 1.807) is 6.08 Å². The third-order valence-electron chi connectivity index (χ3n) is 2.34. The Morgan fingerprint density at radius 1 is 1.47 bits per heavy atom. The van der Waals surface area contributed by atoms with E-state index in [-0.39, 0.29) is 30.1 Å². The standard InChI is InChI=1S/C12H15NO5S/c1-13-11(14)6-2-3-8-19(16,17)12(15)10-5-4-7-18-9-10/h2,4,6-7,9H,3,5,8H2,1H3,(H,13,14)/b6-2+. The second-order valence-electron chi connectivity index (χ2n) is 3.77. The lowest BCUT2D eigenvalue weighted by Crippen LogP contribution is -2.21. The van der Waals surface area contributed by atoms with Crippen molar-refractivity contribution in [1.82, 2.24) is 5.32 Å². The molecule has 0 radical (unpaired) electrons. The lowest BCUT2D eigenvalue weighted by atomic mass is 10.2. The summed E-state index contributed by atoms with van der Waals surface area (Å²) in [6, 6.07) is 0. The van der Waals surface area contributed by atoms with E-state index in [1.807, 2.05) is 0 Å². The zero-order valence-corrected chi connectivity index (χ0v) is 11.3. The number of carbonyl (C=O) groups is 2. The Hall–Kier alpha value is -1.89. The van der Waals surface area contributed by atoms with Gasteiger partial charge in [0.2, 0.25) is 15.7 Å². The van der Waals surface area contributed by atoms with Crippen molar-refractivity contribution in [3.63, 3.8) is 0 Å². The number of hydrogen-bond donors (Lipinski definition) is 1. The van der Waals surface area contributed by atoms with Crippen LogP contribution in [0.2, 0.25) is 0 Å². The molecule has 1 aliphatic rings. The van der Waals surface area contributed by atoms with Crippen LogP contribution in [0.25, 0.3) is 0 Å². The van der Waals surface area contributed by atoms with Gasteiger partial charge in [0.25, 0.3) is 5.12 Å². The van der Waals surface area contributed by atoms with E-state index in [2.05, 4.69) is 5.32 Å². The fourth-order valence-corrected chi connectivity index (χ4v) is 2.48. The van der Waals surface area contributed by atoms with Gasteiger partial charge in [-0.25, -0.2) is 8.42 Å². The highest BCUT2D eigenvalue weighted by atomic mass is 32.2. The summed E-state index contributed by atoms with van der Waals surface area (Å²) in [5.41, 5.74) is 0.109. The third kappa shape index (κ3) is 4.70. The molecule has 1 amide bonds. The third-order valence-corrected chi connectivity index (χ3v) is 3.94. The van der Waals surface area contributed by atoms with Crippen LogP contribution in [0.5, 0.6) is 0 Å². The Bertz CT molecular complexity index is 542. The summed E-state index contributed by atoms with van der Waals surface area (Å²) in [5.74, 6) is -0.655. The fraction of sp³-hybridized carbons (Fsp3) is 0.333. The van der Waals surface area contributed by atoms with Crippen LogP contribution in [0, 0.1) is 0 Å². The lowest BCUT2D eigenvalue weighted by Gasteiger charge is -2.07. The van der Waals surface area contributed by atoms with Crippen molar-refractivity contribution in [3.05, 3.63) is 36.3 Å². The molecule has 0 aromatic carbocycles. The van der Waals surface area contributed by atoms with Gasteiger partial charge in [0.1, 0.15) is 0 Å². The van der Waals surface area contributed by atoms with E-state index in [9.17, 15) is 18.0 Å². The van der Waals surface area contributed by atoms with Crippen LogP contribution in [-0.4, -0.2) is 32.2 Å². The van der Waals surface area contributed by atoms with Crippen LogP contribution in [0.1, 0.15) is 12.8 Å². The normalized spacial score (nSPS) is 14.9. The number of sulfone groups is 1. The molecule has 0 aromatic rings. The van der Waals surface area contributed by atoms with Gasteiger partial charge in [0.05, 0.1) is 23.9 Å². The van der Waals surface area contributed by atoms with E-state index in [1.165, 1.54) is 25.5 Å². The second-order valence-corrected chi connectivity index (χ2v) is 5.78. The SMILES string of the molecule is CNC(=O)/C=C/CCS(=O)(=O)C(=O)C1=COC=CC1. The summed E-state index contributed by atoms with van der Waals surface area (Å²) in [5, 5.41) is 1.44. The molecular formula is C12H15NO5S. The monoisotopic (exact) mass is 285 g/mol. The predicted octanol–water partition coefficient (Wildman–Crippen LogP) is 0.438. The van der Waals surface area contributed by atoms with Crippen LogP contribution < -0.4 is 5.32 Å². The zero-order chi connectivity index (χ0) is 14.3. The van der Waals surface area contributed by atoms with Gasteiger partial charge in [-0.15, -0.1) is 0 Å². The van der Waals surface area contributed by atoms with Gasteiger partial charge < -0.3 is 10.1 Å². The summed E-state index contributed by atoms with van der Waals surface area (Å²) in [6.45, 7) is 0. The number of amides is 1. The van der Waals surface area contributed by atoms with Crippen molar-refractivity contribution >= 4 is 20.9 Å². The lowest BCUT2D eigenvalue weighted by molar-refractivity contribution is -0.116. The van der Waals surface area contributed by atoms with Crippen molar-refractivity contribution in [2.75, 3.05) is 12.8 Å². The van der Waals surface area contributed by atoms with Gasteiger partial charge in [0, 0.05) is 13.5 Å². The number of allylic oxidation sites excluding steroid dienone is 2. The van der Waals surface area contributed by atoms with Gasteiger partial charge in [-0.1, -0.05) is 6.08 Å². The molecule has 0 unspecified atom stereocenters. The molecule has 0 bridgehead atoms. The molecule has 1 heterocycles. The minimum Gasteiger partial charge on any atom is -0.472 e. The summed E-state index contributed by atoms with van der Waals surface area (Å²) >= 11 is 0. The molecule has 6 nitrogen and oxygen atoms in total. The highest BCUT2D eigenvalue weighted by Crippen LogP contribution is 2.14. The Morgan fingerprint density at radius 2 is 2.21 bits per heavy atom. The van der Waals surface area contributed by atoms with E-state index in [4.69, 9.17) is 4.74 Å². The van der Waals surface area contributed by atoms with Crippen molar-refractivity contribution < 1.29 is 22.7 Å². The molecule has 0 atom stereocenters. The minimum atomic E-state index is -3.87. The quantitative estimate of drug-likeness (QED) is 0.740. The molecule has 0 saturated carbocycles. The highest BCUT2D eigenvalue weighted by molar-refractivity contribution is 8.06. The zero-order valence-electron chi connectivity index (χ0n) is 10.5. The average Bonchev–Trinajstić information content (AvgIpc) is 2.43. The molecule has 7 heteroatoms. The number of rotatable bonds is 5. The highest BCUT2D eigenvalue weighted by Gasteiger charge is 2.25. The molecule has 1 N–H and O–H groups in total. The number of likely N-dealkylation sites (N-methyl/N-ethyl adjacent to an activating group) is 1. The first-order chi connectivity index (χ1) is 8.97. The molecule has 0 fully saturated rings. The maximum absolute atomic E-state index is 11.7.